The number of halogens is 1. The summed E-state index contributed by atoms with van der Waals surface area (Å²) < 4.78 is 15.1. The number of amides is 2. The smallest absolute Gasteiger partial charge is 0.259 e. The summed E-state index contributed by atoms with van der Waals surface area (Å²) in [5.41, 5.74) is 0.227. The SMILES string of the molecule is CC[C@H](C)n1cc(C(=O)NCCc2cccc(F)c2)c(=O)c(C(=O)N2CCCCCC2)c1. The van der Waals surface area contributed by atoms with Crippen molar-refractivity contribution in [1.29, 1.82) is 0 Å². The Labute approximate surface area is 188 Å². The molecule has 0 bridgehead atoms. The molecular formula is C25H32FN3O3. The maximum absolute atomic E-state index is 13.4. The minimum absolute atomic E-state index is 0.0325. The summed E-state index contributed by atoms with van der Waals surface area (Å²) in [4.78, 5) is 40.9. The summed E-state index contributed by atoms with van der Waals surface area (Å²) in [6.07, 6.45) is 8.36. The predicted molar refractivity (Wildman–Crippen MR) is 123 cm³/mol. The zero-order valence-corrected chi connectivity index (χ0v) is 18.9. The molecule has 2 amide bonds. The highest BCUT2D eigenvalue weighted by atomic mass is 19.1. The van der Waals surface area contributed by atoms with Gasteiger partial charge in [-0.2, -0.15) is 0 Å². The van der Waals surface area contributed by atoms with Crippen LogP contribution in [0, 0.1) is 5.82 Å². The van der Waals surface area contributed by atoms with Crippen LogP contribution in [0.5, 0.6) is 0 Å². The molecular weight excluding hydrogens is 409 g/mol. The van der Waals surface area contributed by atoms with Crippen LogP contribution in [0.4, 0.5) is 4.39 Å². The zero-order chi connectivity index (χ0) is 23.1. The first-order chi connectivity index (χ1) is 15.4. The van der Waals surface area contributed by atoms with Crippen molar-refractivity contribution in [3.63, 3.8) is 0 Å². The molecule has 1 aliphatic heterocycles. The average molecular weight is 442 g/mol. The third kappa shape index (κ3) is 5.84. The van der Waals surface area contributed by atoms with E-state index in [1.165, 1.54) is 18.3 Å². The van der Waals surface area contributed by atoms with Gasteiger partial charge in [-0.05, 0) is 50.3 Å². The van der Waals surface area contributed by atoms with E-state index in [1.807, 2.05) is 13.8 Å². The van der Waals surface area contributed by atoms with Crippen LogP contribution in [0.3, 0.4) is 0 Å². The highest BCUT2D eigenvalue weighted by molar-refractivity contribution is 5.99. The summed E-state index contributed by atoms with van der Waals surface area (Å²) in [5, 5.41) is 2.75. The Bertz CT molecular complexity index is 1010. The maximum Gasteiger partial charge on any atom is 0.259 e. The predicted octanol–water partition coefficient (Wildman–Crippen LogP) is 3.95. The number of aromatic nitrogens is 1. The van der Waals surface area contributed by atoms with Gasteiger partial charge in [-0.25, -0.2) is 4.39 Å². The molecule has 1 saturated heterocycles. The molecule has 1 N–H and O–H groups in total. The summed E-state index contributed by atoms with van der Waals surface area (Å²) in [7, 11) is 0. The lowest BCUT2D eigenvalue weighted by molar-refractivity contribution is 0.0759. The number of carbonyl (C=O) groups excluding carboxylic acids is 2. The molecule has 0 unspecified atom stereocenters. The van der Waals surface area contributed by atoms with Gasteiger partial charge in [0.15, 0.2) is 0 Å². The van der Waals surface area contributed by atoms with Gasteiger partial charge in [-0.3, -0.25) is 14.4 Å². The Kier molecular flexibility index (Phi) is 8.20. The first kappa shape index (κ1) is 23.7. The van der Waals surface area contributed by atoms with E-state index >= 15 is 0 Å². The van der Waals surface area contributed by atoms with Gasteiger partial charge in [0.05, 0.1) is 0 Å². The standard InChI is InChI=1S/C25H32FN3O3/c1-3-18(2)29-16-21(24(31)27-12-11-19-9-8-10-20(26)15-19)23(30)22(17-29)25(32)28-13-6-4-5-7-14-28/h8-10,15-18H,3-7,11-14H2,1-2H3,(H,27,31)/t18-/m0/s1. The van der Waals surface area contributed by atoms with Gasteiger partial charge in [0.1, 0.15) is 16.9 Å². The van der Waals surface area contributed by atoms with Crippen LogP contribution >= 0.6 is 0 Å². The van der Waals surface area contributed by atoms with E-state index in [0.717, 1.165) is 37.7 Å². The maximum atomic E-state index is 13.4. The van der Waals surface area contributed by atoms with E-state index in [1.54, 1.807) is 27.8 Å². The van der Waals surface area contributed by atoms with Gasteiger partial charge in [-0.15, -0.1) is 0 Å². The number of likely N-dealkylation sites (tertiary alicyclic amines) is 1. The lowest BCUT2D eigenvalue weighted by Crippen LogP contribution is -2.38. The topological polar surface area (TPSA) is 71.4 Å². The van der Waals surface area contributed by atoms with E-state index in [9.17, 15) is 18.8 Å². The fourth-order valence-electron chi connectivity index (χ4n) is 3.93. The Hall–Kier alpha value is -2.96. The van der Waals surface area contributed by atoms with Crippen molar-refractivity contribution in [2.75, 3.05) is 19.6 Å². The summed E-state index contributed by atoms with van der Waals surface area (Å²) in [6, 6.07) is 6.22. The van der Waals surface area contributed by atoms with Crippen LogP contribution in [0.15, 0.2) is 41.5 Å². The van der Waals surface area contributed by atoms with Gasteiger partial charge in [-0.1, -0.05) is 31.9 Å². The molecule has 1 aliphatic rings. The molecule has 1 aromatic carbocycles. The molecule has 0 aliphatic carbocycles. The molecule has 6 nitrogen and oxygen atoms in total. The van der Waals surface area contributed by atoms with Crippen LogP contribution in [0.1, 0.15) is 78.3 Å². The quantitative estimate of drug-likeness (QED) is 0.707. The minimum Gasteiger partial charge on any atom is -0.352 e. The Morgan fingerprint density at radius 3 is 2.44 bits per heavy atom. The van der Waals surface area contributed by atoms with E-state index in [2.05, 4.69) is 5.32 Å². The van der Waals surface area contributed by atoms with E-state index in [0.29, 0.717) is 19.5 Å². The van der Waals surface area contributed by atoms with Gasteiger partial charge in [0, 0.05) is 38.1 Å². The fourth-order valence-corrected chi connectivity index (χ4v) is 3.93. The highest BCUT2D eigenvalue weighted by Crippen LogP contribution is 2.15. The van der Waals surface area contributed by atoms with Crippen LogP contribution in [0.2, 0.25) is 0 Å². The van der Waals surface area contributed by atoms with Crippen molar-refractivity contribution < 1.29 is 14.0 Å². The minimum atomic E-state index is -0.540. The molecule has 3 rings (SSSR count). The van der Waals surface area contributed by atoms with Gasteiger partial charge >= 0.3 is 0 Å². The number of nitrogens with one attached hydrogen (secondary N) is 1. The van der Waals surface area contributed by atoms with Gasteiger partial charge in [0.25, 0.3) is 11.8 Å². The average Bonchev–Trinajstić information content (AvgIpc) is 3.08. The summed E-state index contributed by atoms with van der Waals surface area (Å²) in [5.74, 6) is -1.15. The Balaban J connectivity index is 1.83. The third-order valence-corrected chi connectivity index (χ3v) is 6.10. The monoisotopic (exact) mass is 441 g/mol. The van der Waals surface area contributed by atoms with Gasteiger partial charge < -0.3 is 14.8 Å². The highest BCUT2D eigenvalue weighted by Gasteiger charge is 2.24. The van der Waals surface area contributed by atoms with Gasteiger partial charge in [0.2, 0.25) is 5.43 Å². The number of nitrogens with zero attached hydrogens (tertiary/aromatic N) is 2. The lowest BCUT2D eigenvalue weighted by atomic mass is 10.1. The second-order valence-electron chi connectivity index (χ2n) is 8.46. The number of carbonyl (C=O) groups is 2. The molecule has 0 spiro atoms. The van der Waals surface area contributed by atoms with Crippen LogP contribution in [-0.2, 0) is 6.42 Å². The second-order valence-corrected chi connectivity index (χ2v) is 8.46. The molecule has 0 radical (unpaired) electrons. The van der Waals surface area contributed by atoms with Crippen LogP contribution in [0.25, 0.3) is 0 Å². The van der Waals surface area contributed by atoms with E-state index < -0.39 is 11.3 Å². The number of pyridine rings is 1. The number of rotatable bonds is 7. The summed E-state index contributed by atoms with van der Waals surface area (Å²) in [6.45, 7) is 5.51. The molecule has 1 atom stereocenters. The number of hydrogen-bond acceptors (Lipinski definition) is 3. The normalized spacial score (nSPS) is 15.2. The molecule has 172 valence electrons. The first-order valence-electron chi connectivity index (χ1n) is 11.5. The zero-order valence-electron chi connectivity index (χ0n) is 18.9. The van der Waals surface area contributed by atoms with Crippen molar-refractivity contribution in [3.8, 4) is 0 Å². The number of hydrogen-bond donors (Lipinski definition) is 1. The van der Waals surface area contributed by atoms with Crippen molar-refractivity contribution in [3.05, 3.63) is 69.4 Å². The molecule has 1 fully saturated rings. The molecule has 2 aromatic rings. The van der Waals surface area contributed by atoms with Crippen molar-refractivity contribution in [2.45, 2.75) is 58.4 Å². The molecule has 7 heteroatoms. The van der Waals surface area contributed by atoms with Crippen LogP contribution < -0.4 is 10.7 Å². The van der Waals surface area contributed by atoms with Crippen molar-refractivity contribution in [1.82, 2.24) is 14.8 Å². The molecule has 32 heavy (non-hydrogen) atoms. The van der Waals surface area contributed by atoms with Crippen LogP contribution in [-0.4, -0.2) is 40.9 Å². The summed E-state index contributed by atoms with van der Waals surface area (Å²) >= 11 is 0. The Morgan fingerprint density at radius 1 is 1.09 bits per heavy atom. The second kappa shape index (κ2) is 11.1. The Morgan fingerprint density at radius 2 is 1.78 bits per heavy atom. The lowest BCUT2D eigenvalue weighted by Gasteiger charge is -2.22. The van der Waals surface area contributed by atoms with Crippen molar-refractivity contribution >= 4 is 11.8 Å². The third-order valence-electron chi connectivity index (χ3n) is 6.10. The number of benzene rings is 1. The first-order valence-corrected chi connectivity index (χ1v) is 11.5. The van der Waals surface area contributed by atoms with E-state index in [-0.39, 0.29) is 35.4 Å². The van der Waals surface area contributed by atoms with E-state index in [4.69, 9.17) is 0 Å². The molecule has 0 saturated carbocycles. The molecule has 1 aromatic heterocycles. The van der Waals surface area contributed by atoms with Crippen molar-refractivity contribution in [2.24, 2.45) is 0 Å². The fraction of sp³-hybridized carbons (Fsp3) is 0.480. The largest absolute Gasteiger partial charge is 0.352 e. The molecule has 2 heterocycles.